The molecule has 0 radical (unpaired) electrons. The zero-order valence-corrected chi connectivity index (χ0v) is 17.6. The lowest BCUT2D eigenvalue weighted by molar-refractivity contribution is -0.139. The highest BCUT2D eigenvalue weighted by Crippen LogP contribution is 2.40. The third-order valence-corrected chi connectivity index (χ3v) is 5.47. The Morgan fingerprint density at radius 2 is 2.21 bits per heavy atom. The molecule has 2 aliphatic rings. The van der Waals surface area contributed by atoms with E-state index in [1.165, 1.54) is 30.4 Å². The molecule has 0 fully saturated rings. The first-order valence-corrected chi connectivity index (χ1v) is 10.2. The van der Waals surface area contributed by atoms with Crippen molar-refractivity contribution >= 4 is 45.8 Å². The van der Waals surface area contributed by atoms with Crippen LogP contribution in [0.1, 0.15) is 26.5 Å². The van der Waals surface area contributed by atoms with Gasteiger partial charge in [-0.2, -0.15) is 0 Å². The van der Waals surface area contributed by atoms with E-state index in [9.17, 15) is 9.59 Å². The monoisotopic (exact) mass is 438 g/mol. The average Bonchev–Trinajstić information content (AvgIpc) is 3.08. The van der Waals surface area contributed by atoms with Crippen LogP contribution >= 0.6 is 22.9 Å². The van der Waals surface area contributed by atoms with Crippen LogP contribution in [0.15, 0.2) is 45.9 Å². The van der Waals surface area contributed by atoms with Crippen molar-refractivity contribution < 1.29 is 18.7 Å². The van der Waals surface area contributed by atoms with Crippen molar-refractivity contribution in [1.82, 2.24) is 10.3 Å². The number of thiazole rings is 1. The molecule has 1 amide bonds. The topological polar surface area (TPSA) is 92.7 Å². The number of allylic oxidation sites excluding steroid dienone is 4. The lowest BCUT2D eigenvalue weighted by Crippen LogP contribution is -2.43. The number of carbonyl (C=O) groups excluding carboxylic acids is 2. The molecule has 154 valence electrons. The Morgan fingerprint density at radius 3 is 2.86 bits per heavy atom. The standard InChI is InChI=1S/C19H20ClFN4O3S/c1-4-28-17(27)14-10(2)22-16(13-9-29-18(24-13)23-11(3)26)25-15(14)12-7-5-6-8-19(12,20)21/h5-9,12,15H,4H2,1-3H3,(H,22,25)(H,23,24,26). The number of nitrogens with one attached hydrogen (secondary N) is 2. The minimum Gasteiger partial charge on any atom is -0.463 e. The first-order chi connectivity index (χ1) is 13.7. The maximum Gasteiger partial charge on any atom is 0.337 e. The molecule has 1 aliphatic heterocycles. The van der Waals surface area contributed by atoms with Crippen molar-refractivity contribution in [2.45, 2.75) is 31.9 Å². The summed E-state index contributed by atoms with van der Waals surface area (Å²) in [7, 11) is 0. The second kappa shape index (κ2) is 8.46. The van der Waals surface area contributed by atoms with Crippen molar-refractivity contribution in [2.75, 3.05) is 11.9 Å². The highest BCUT2D eigenvalue weighted by molar-refractivity contribution is 7.14. The van der Waals surface area contributed by atoms with Gasteiger partial charge in [0.25, 0.3) is 0 Å². The predicted molar refractivity (Wildman–Crippen MR) is 111 cm³/mol. The fourth-order valence-electron chi connectivity index (χ4n) is 3.09. The summed E-state index contributed by atoms with van der Waals surface area (Å²) in [6, 6.07) is -0.917. The van der Waals surface area contributed by atoms with E-state index in [1.807, 2.05) is 0 Å². The van der Waals surface area contributed by atoms with Gasteiger partial charge in [0.1, 0.15) is 5.69 Å². The van der Waals surface area contributed by atoms with Gasteiger partial charge in [0.05, 0.1) is 24.1 Å². The van der Waals surface area contributed by atoms with E-state index in [2.05, 4.69) is 20.6 Å². The van der Waals surface area contributed by atoms with E-state index in [1.54, 1.807) is 31.4 Å². The van der Waals surface area contributed by atoms with Gasteiger partial charge < -0.3 is 15.4 Å². The summed E-state index contributed by atoms with van der Waals surface area (Å²) in [6.07, 6.45) is 5.99. The minimum atomic E-state index is -2.22. The number of aromatic nitrogens is 1. The van der Waals surface area contributed by atoms with E-state index in [0.29, 0.717) is 22.4 Å². The maximum absolute atomic E-state index is 15.0. The van der Waals surface area contributed by atoms with E-state index < -0.39 is 23.1 Å². The van der Waals surface area contributed by atoms with E-state index in [0.717, 1.165) is 0 Å². The molecule has 7 nitrogen and oxygen atoms in total. The lowest BCUT2D eigenvalue weighted by atomic mass is 9.84. The van der Waals surface area contributed by atoms with Crippen molar-refractivity contribution in [3.63, 3.8) is 0 Å². The smallest absolute Gasteiger partial charge is 0.337 e. The summed E-state index contributed by atoms with van der Waals surface area (Å²) in [5, 5.41) is 5.54. The van der Waals surface area contributed by atoms with Crippen molar-refractivity contribution in [3.8, 4) is 0 Å². The van der Waals surface area contributed by atoms with Crippen LogP contribution in [0.2, 0.25) is 0 Å². The van der Waals surface area contributed by atoms with Gasteiger partial charge in [-0.15, -0.1) is 11.3 Å². The van der Waals surface area contributed by atoms with Crippen molar-refractivity contribution in [2.24, 2.45) is 10.9 Å². The normalized spacial score (nSPS) is 26.0. The fourth-order valence-corrected chi connectivity index (χ4v) is 4.09. The van der Waals surface area contributed by atoms with Crippen LogP contribution in [0.5, 0.6) is 0 Å². The van der Waals surface area contributed by atoms with Crippen LogP contribution in [-0.4, -0.2) is 40.5 Å². The van der Waals surface area contributed by atoms with Crippen LogP contribution in [0.4, 0.5) is 9.52 Å². The second-order valence-electron chi connectivity index (χ2n) is 6.47. The third-order valence-electron chi connectivity index (χ3n) is 4.33. The number of alkyl halides is 2. The summed E-state index contributed by atoms with van der Waals surface area (Å²) in [4.78, 5) is 32.7. The van der Waals surface area contributed by atoms with Gasteiger partial charge in [-0.25, -0.2) is 14.2 Å². The summed E-state index contributed by atoms with van der Waals surface area (Å²) in [5.74, 6) is -1.40. The van der Waals surface area contributed by atoms with Crippen LogP contribution in [0, 0.1) is 5.92 Å². The number of aliphatic imine (C=N–C) groups is 1. The average molecular weight is 439 g/mol. The number of amidine groups is 1. The molecule has 1 aromatic rings. The molecule has 0 saturated heterocycles. The molecule has 1 aromatic heterocycles. The Balaban J connectivity index is 2.02. The molecule has 3 rings (SSSR count). The zero-order valence-electron chi connectivity index (χ0n) is 16.0. The number of amides is 1. The van der Waals surface area contributed by atoms with Gasteiger partial charge in [-0.05, 0) is 19.9 Å². The van der Waals surface area contributed by atoms with Crippen LogP contribution in [0.25, 0.3) is 0 Å². The Hall–Kier alpha value is -2.52. The first-order valence-electron chi connectivity index (χ1n) is 8.93. The van der Waals surface area contributed by atoms with E-state index in [4.69, 9.17) is 16.3 Å². The van der Waals surface area contributed by atoms with Crippen LogP contribution < -0.4 is 10.6 Å². The van der Waals surface area contributed by atoms with Gasteiger partial charge >= 0.3 is 5.97 Å². The quantitative estimate of drug-likeness (QED) is 0.543. The Kier molecular flexibility index (Phi) is 6.18. The third kappa shape index (κ3) is 4.56. The molecule has 0 aromatic carbocycles. The van der Waals surface area contributed by atoms with Gasteiger partial charge in [-0.1, -0.05) is 29.8 Å². The molecule has 3 unspecified atom stereocenters. The Bertz CT molecular complexity index is 951. The number of anilines is 1. The Labute approximate surface area is 176 Å². The fraction of sp³-hybridized carbons (Fsp3) is 0.368. The summed E-state index contributed by atoms with van der Waals surface area (Å²) in [5.41, 5.74) is 1.14. The lowest BCUT2D eigenvalue weighted by Gasteiger charge is -2.34. The molecular formula is C19H20ClFN4O3S. The molecular weight excluding hydrogens is 419 g/mol. The predicted octanol–water partition coefficient (Wildman–Crippen LogP) is 3.30. The molecule has 1 aliphatic carbocycles. The summed E-state index contributed by atoms with van der Waals surface area (Å²) < 4.78 is 20.2. The number of rotatable bonds is 5. The summed E-state index contributed by atoms with van der Waals surface area (Å²) >= 11 is 7.32. The van der Waals surface area contributed by atoms with Crippen molar-refractivity contribution in [3.05, 3.63) is 46.6 Å². The van der Waals surface area contributed by atoms with Crippen molar-refractivity contribution in [1.29, 1.82) is 0 Å². The number of halogens is 2. The SMILES string of the molecule is CCOC(=O)C1=C(C)NC(c2csc(NC(C)=O)n2)=NC1C1C=CC=CC1(F)Cl. The molecule has 2 heterocycles. The molecule has 0 spiro atoms. The number of hydrogen-bond donors (Lipinski definition) is 2. The molecule has 2 N–H and O–H groups in total. The minimum absolute atomic E-state index is 0.174. The molecule has 29 heavy (non-hydrogen) atoms. The second-order valence-corrected chi connectivity index (χ2v) is 7.91. The van der Waals surface area contributed by atoms with Gasteiger partial charge in [0.2, 0.25) is 11.0 Å². The van der Waals surface area contributed by atoms with Gasteiger partial charge in [0, 0.05) is 18.0 Å². The highest BCUT2D eigenvalue weighted by Gasteiger charge is 2.45. The Morgan fingerprint density at radius 1 is 1.45 bits per heavy atom. The number of esters is 1. The number of ether oxygens (including phenoxy) is 1. The molecule has 0 bridgehead atoms. The van der Waals surface area contributed by atoms with Crippen LogP contribution in [-0.2, 0) is 14.3 Å². The van der Waals surface area contributed by atoms with Gasteiger partial charge in [0.15, 0.2) is 11.0 Å². The first kappa shape index (κ1) is 21.2. The maximum atomic E-state index is 15.0. The molecule has 10 heteroatoms. The van der Waals surface area contributed by atoms with E-state index in [-0.39, 0.29) is 18.1 Å². The van der Waals surface area contributed by atoms with Gasteiger partial charge in [-0.3, -0.25) is 9.79 Å². The molecule has 0 saturated carbocycles. The zero-order chi connectivity index (χ0) is 21.2. The molecule has 3 atom stereocenters. The summed E-state index contributed by atoms with van der Waals surface area (Å²) in [6.45, 7) is 4.94. The highest BCUT2D eigenvalue weighted by atomic mass is 35.5. The largest absolute Gasteiger partial charge is 0.463 e. The van der Waals surface area contributed by atoms with E-state index >= 15 is 4.39 Å². The number of carbonyl (C=O) groups is 2. The van der Waals surface area contributed by atoms with Crippen LogP contribution in [0.3, 0.4) is 0 Å². The number of nitrogens with zero attached hydrogens (tertiary/aromatic N) is 2. The number of hydrogen-bond acceptors (Lipinski definition) is 7.